The van der Waals surface area contributed by atoms with Gasteiger partial charge in [-0.2, -0.15) is 0 Å². The van der Waals surface area contributed by atoms with E-state index in [-0.39, 0.29) is 17.9 Å². The normalized spacial score (nSPS) is 12.0. The Hall–Kier alpha value is -1.37. The summed E-state index contributed by atoms with van der Waals surface area (Å²) in [5, 5.41) is 11.4. The van der Waals surface area contributed by atoms with Crippen molar-refractivity contribution in [1.82, 2.24) is 4.09 Å². The minimum absolute atomic E-state index is 0.130. The minimum Gasteiger partial charge on any atom is -0.394 e. The van der Waals surface area contributed by atoms with E-state index in [1.165, 1.54) is 19.1 Å². The van der Waals surface area contributed by atoms with Crippen LogP contribution in [0.5, 0.6) is 0 Å². The molecule has 0 aliphatic carbocycles. The zero-order chi connectivity index (χ0) is 19.4. The number of nitrogens with one attached hydrogen (secondary N) is 1. The van der Waals surface area contributed by atoms with Gasteiger partial charge in [-0.05, 0) is 59.8 Å². The molecule has 0 spiro atoms. The van der Waals surface area contributed by atoms with Crippen molar-refractivity contribution < 1.29 is 27.9 Å². The van der Waals surface area contributed by atoms with E-state index in [9.17, 15) is 18.0 Å². The number of hydrogen-bond donors (Lipinski definition) is 2. The van der Waals surface area contributed by atoms with Crippen LogP contribution in [0.4, 0.5) is 24.5 Å². The molecule has 10 heteroatoms. The monoisotopic (exact) mass is 544 g/mol. The van der Waals surface area contributed by atoms with Crippen LogP contribution in [0, 0.1) is 21.0 Å². The summed E-state index contributed by atoms with van der Waals surface area (Å²) in [5.74, 6) is -4.12. The first-order chi connectivity index (χ1) is 12.2. The molecule has 0 aliphatic rings. The van der Waals surface area contributed by atoms with Gasteiger partial charge < -0.3 is 10.4 Å². The molecule has 0 saturated carbocycles. The molecule has 2 N–H and O–H groups in total. The van der Waals surface area contributed by atoms with Crippen LogP contribution >= 0.6 is 38.7 Å². The topological polar surface area (TPSA) is 61.8 Å². The summed E-state index contributed by atoms with van der Waals surface area (Å²) >= 11 is 4.74. The lowest BCUT2D eigenvalue weighted by Crippen LogP contribution is -2.28. The summed E-state index contributed by atoms with van der Waals surface area (Å²) in [4.78, 5) is 17.5. The summed E-state index contributed by atoms with van der Waals surface area (Å²) in [6.45, 7) is 1.12. The maximum Gasteiger partial charge on any atom is 0.290 e. The second-order valence-corrected chi connectivity index (χ2v) is 7.07. The number of hydrogen-bond acceptors (Lipinski definition) is 4. The van der Waals surface area contributed by atoms with Crippen molar-refractivity contribution >= 4 is 56.0 Å². The molecule has 0 aliphatic heterocycles. The van der Waals surface area contributed by atoms with E-state index in [2.05, 4.69) is 21.5 Å². The van der Waals surface area contributed by atoms with Crippen LogP contribution in [0.2, 0.25) is 0 Å². The third-order valence-electron chi connectivity index (χ3n) is 3.21. The molecule has 1 amide bonds. The number of nitrogens with zero attached hydrogens (tertiary/aromatic N) is 1. The van der Waals surface area contributed by atoms with Gasteiger partial charge in [-0.3, -0.25) is 9.63 Å². The van der Waals surface area contributed by atoms with Crippen LogP contribution in [0.1, 0.15) is 17.3 Å². The van der Waals surface area contributed by atoms with Gasteiger partial charge in [0.2, 0.25) is 0 Å². The van der Waals surface area contributed by atoms with Gasteiger partial charge in [0.25, 0.3) is 5.91 Å². The summed E-state index contributed by atoms with van der Waals surface area (Å²) in [6.07, 6.45) is -0.728. The Kier molecular flexibility index (Phi) is 7.26. The standard InChI is InChI=1S/C16H13BrF3IN2O3/c1-8(7-24)26-23(17)16(25)10-3-4-11(18)14(20)15(10)22-13-5-2-9(21)6-12(13)19/h2-6,8,22,24H,7H2,1H3. The maximum absolute atomic E-state index is 14.3. The molecule has 0 heterocycles. The lowest BCUT2D eigenvalue weighted by atomic mass is 10.1. The number of anilines is 2. The van der Waals surface area contributed by atoms with Gasteiger partial charge in [-0.15, -0.1) is 4.09 Å². The largest absolute Gasteiger partial charge is 0.394 e. The van der Waals surface area contributed by atoms with Gasteiger partial charge in [-0.25, -0.2) is 13.2 Å². The number of halogens is 5. The first-order valence-electron chi connectivity index (χ1n) is 7.22. The van der Waals surface area contributed by atoms with Gasteiger partial charge in [0, 0.05) is 3.57 Å². The van der Waals surface area contributed by atoms with Crippen molar-refractivity contribution in [2.24, 2.45) is 0 Å². The second kappa shape index (κ2) is 9.02. The van der Waals surface area contributed by atoms with Crippen molar-refractivity contribution in [3.8, 4) is 0 Å². The lowest BCUT2D eigenvalue weighted by Gasteiger charge is -2.20. The summed E-state index contributed by atoms with van der Waals surface area (Å²) < 4.78 is 43.2. The number of hydroxylamine groups is 1. The number of amides is 1. The highest BCUT2D eigenvalue weighted by Crippen LogP contribution is 2.30. The van der Waals surface area contributed by atoms with E-state index in [0.29, 0.717) is 7.66 Å². The minimum atomic E-state index is -1.34. The second-order valence-electron chi connectivity index (χ2n) is 5.18. The highest BCUT2D eigenvalue weighted by molar-refractivity contribution is 14.1. The number of aliphatic hydroxyl groups excluding tert-OH is 1. The van der Waals surface area contributed by atoms with Crippen LogP contribution in [-0.4, -0.2) is 27.8 Å². The average Bonchev–Trinajstić information content (AvgIpc) is 2.60. The lowest BCUT2D eigenvalue weighted by molar-refractivity contribution is -0.101. The van der Waals surface area contributed by atoms with E-state index in [0.717, 1.165) is 12.1 Å². The Morgan fingerprint density at radius 3 is 2.62 bits per heavy atom. The molecule has 1 unspecified atom stereocenters. The van der Waals surface area contributed by atoms with Crippen molar-refractivity contribution in [1.29, 1.82) is 0 Å². The molecule has 0 aromatic heterocycles. The molecule has 140 valence electrons. The highest BCUT2D eigenvalue weighted by Gasteiger charge is 2.24. The third kappa shape index (κ3) is 4.87. The number of carbonyl (C=O) groups excluding carboxylic acids is 1. The molecule has 5 nitrogen and oxygen atoms in total. The van der Waals surface area contributed by atoms with Gasteiger partial charge in [0.15, 0.2) is 11.6 Å². The van der Waals surface area contributed by atoms with Crippen molar-refractivity contribution in [3.05, 3.63) is 56.9 Å². The average molecular weight is 545 g/mol. The zero-order valence-corrected chi connectivity index (χ0v) is 17.0. The van der Waals surface area contributed by atoms with Gasteiger partial charge in [0.05, 0.1) is 39.7 Å². The first kappa shape index (κ1) is 20.9. The van der Waals surface area contributed by atoms with Crippen LogP contribution in [-0.2, 0) is 4.84 Å². The van der Waals surface area contributed by atoms with Crippen molar-refractivity contribution in [2.45, 2.75) is 13.0 Å². The molecular formula is C16H13BrF3IN2O3. The van der Waals surface area contributed by atoms with E-state index in [4.69, 9.17) is 9.94 Å². The van der Waals surface area contributed by atoms with E-state index in [1.54, 1.807) is 6.07 Å². The Balaban J connectivity index is 2.41. The van der Waals surface area contributed by atoms with Crippen molar-refractivity contribution in [2.75, 3.05) is 11.9 Å². The first-order valence-corrected chi connectivity index (χ1v) is 9.01. The Morgan fingerprint density at radius 2 is 2.00 bits per heavy atom. The van der Waals surface area contributed by atoms with Gasteiger partial charge >= 0.3 is 0 Å². The van der Waals surface area contributed by atoms with E-state index >= 15 is 0 Å². The molecule has 2 aromatic rings. The number of aliphatic hydroxyl groups is 1. The fourth-order valence-electron chi connectivity index (χ4n) is 1.91. The zero-order valence-electron chi connectivity index (χ0n) is 13.3. The SMILES string of the molecule is CC(CO)ON(Br)C(=O)c1ccc(F)c(F)c1Nc1ccc(I)cc1F. The van der Waals surface area contributed by atoms with E-state index < -0.39 is 35.2 Å². The van der Waals surface area contributed by atoms with Crippen LogP contribution in [0.15, 0.2) is 30.3 Å². The molecule has 0 fully saturated rings. The Bertz CT molecular complexity index is 826. The highest BCUT2D eigenvalue weighted by atomic mass is 127. The molecule has 0 bridgehead atoms. The van der Waals surface area contributed by atoms with Crippen LogP contribution < -0.4 is 5.32 Å². The Labute approximate surface area is 169 Å². The fraction of sp³-hybridized carbons (Fsp3) is 0.188. The smallest absolute Gasteiger partial charge is 0.290 e. The van der Waals surface area contributed by atoms with Gasteiger partial charge in [0.1, 0.15) is 11.9 Å². The number of benzene rings is 2. The summed E-state index contributed by atoms with van der Waals surface area (Å²) in [7, 11) is 0. The Morgan fingerprint density at radius 1 is 1.31 bits per heavy atom. The van der Waals surface area contributed by atoms with Gasteiger partial charge in [-0.1, -0.05) is 0 Å². The molecule has 2 aromatic carbocycles. The molecule has 0 radical (unpaired) electrons. The molecule has 0 saturated heterocycles. The van der Waals surface area contributed by atoms with Crippen LogP contribution in [0.25, 0.3) is 0 Å². The van der Waals surface area contributed by atoms with E-state index in [1.807, 2.05) is 22.6 Å². The summed E-state index contributed by atoms with van der Waals surface area (Å²) in [5.41, 5.74) is -0.974. The quantitative estimate of drug-likeness (QED) is 0.319. The van der Waals surface area contributed by atoms with Crippen LogP contribution in [0.3, 0.4) is 0 Å². The predicted octanol–water partition coefficient (Wildman–Crippen LogP) is 4.52. The molecule has 26 heavy (non-hydrogen) atoms. The predicted molar refractivity (Wildman–Crippen MR) is 101 cm³/mol. The fourth-order valence-corrected chi connectivity index (χ4v) is 2.84. The summed E-state index contributed by atoms with van der Waals surface area (Å²) in [6, 6.07) is 5.91. The molecule has 1 atom stereocenters. The molecule has 2 rings (SSSR count). The molecular weight excluding hydrogens is 532 g/mol. The maximum atomic E-state index is 14.3. The number of rotatable bonds is 6. The third-order valence-corrected chi connectivity index (χ3v) is 4.37. The van der Waals surface area contributed by atoms with Crippen molar-refractivity contribution in [3.63, 3.8) is 0 Å². The number of carbonyl (C=O) groups is 1.